The van der Waals surface area contributed by atoms with Gasteiger partial charge in [0.2, 0.25) is 0 Å². The number of halogens is 1. The molecule has 3 heteroatoms. The van der Waals surface area contributed by atoms with Gasteiger partial charge in [0.25, 0.3) is 0 Å². The van der Waals surface area contributed by atoms with Gasteiger partial charge in [0.05, 0.1) is 4.34 Å². The van der Waals surface area contributed by atoms with Crippen molar-refractivity contribution in [3.63, 3.8) is 0 Å². The monoisotopic (exact) mass is 230 g/mol. The second-order valence-corrected chi connectivity index (χ2v) is 6.05. The highest BCUT2D eigenvalue weighted by atomic mass is 35.5. The van der Waals surface area contributed by atoms with Gasteiger partial charge in [-0.3, -0.25) is 0 Å². The quantitative estimate of drug-likeness (QED) is 0.843. The van der Waals surface area contributed by atoms with Crippen molar-refractivity contribution in [3.8, 4) is 0 Å². The number of hydrogen-bond donors (Lipinski definition) is 1. The van der Waals surface area contributed by atoms with E-state index in [0.717, 1.165) is 10.8 Å². The van der Waals surface area contributed by atoms with E-state index in [9.17, 15) is 5.11 Å². The molecule has 0 spiro atoms. The largest absolute Gasteiger partial charge is 0.396 e. The SMILES string of the molecule is OCC1(Cc2ccc(Cl)s2)CCCC1. The van der Waals surface area contributed by atoms with Gasteiger partial charge in [-0.15, -0.1) is 11.3 Å². The van der Waals surface area contributed by atoms with E-state index >= 15 is 0 Å². The molecule has 14 heavy (non-hydrogen) atoms. The van der Waals surface area contributed by atoms with E-state index in [1.165, 1.54) is 30.6 Å². The van der Waals surface area contributed by atoms with Crippen LogP contribution in [0.15, 0.2) is 12.1 Å². The van der Waals surface area contributed by atoms with E-state index in [-0.39, 0.29) is 5.41 Å². The van der Waals surface area contributed by atoms with Gasteiger partial charge in [-0.25, -0.2) is 0 Å². The minimum Gasteiger partial charge on any atom is -0.396 e. The van der Waals surface area contributed by atoms with Crippen LogP contribution in [-0.2, 0) is 6.42 Å². The van der Waals surface area contributed by atoms with E-state index in [1.807, 2.05) is 6.07 Å². The molecule has 2 rings (SSSR count). The first-order chi connectivity index (χ1) is 6.74. The Balaban J connectivity index is 2.08. The van der Waals surface area contributed by atoms with Gasteiger partial charge in [-0.1, -0.05) is 24.4 Å². The molecule has 1 nitrogen and oxygen atoms in total. The first-order valence-electron chi connectivity index (χ1n) is 5.09. The maximum Gasteiger partial charge on any atom is 0.0931 e. The van der Waals surface area contributed by atoms with Gasteiger partial charge < -0.3 is 5.11 Å². The lowest BCUT2D eigenvalue weighted by Crippen LogP contribution is -2.23. The van der Waals surface area contributed by atoms with Crippen LogP contribution in [0.4, 0.5) is 0 Å². The highest BCUT2D eigenvalue weighted by molar-refractivity contribution is 7.16. The zero-order chi connectivity index (χ0) is 10.0. The van der Waals surface area contributed by atoms with Crippen LogP contribution >= 0.6 is 22.9 Å². The van der Waals surface area contributed by atoms with Crippen molar-refractivity contribution in [2.24, 2.45) is 5.41 Å². The molecule has 0 atom stereocenters. The second-order valence-electron chi connectivity index (χ2n) is 4.25. The highest BCUT2D eigenvalue weighted by Crippen LogP contribution is 2.41. The van der Waals surface area contributed by atoms with Gasteiger partial charge in [0.15, 0.2) is 0 Å². The molecule has 0 amide bonds. The van der Waals surface area contributed by atoms with Crippen molar-refractivity contribution in [2.75, 3.05) is 6.61 Å². The summed E-state index contributed by atoms with van der Waals surface area (Å²) in [7, 11) is 0. The van der Waals surface area contributed by atoms with Crippen molar-refractivity contribution in [1.29, 1.82) is 0 Å². The minimum absolute atomic E-state index is 0.161. The summed E-state index contributed by atoms with van der Waals surface area (Å²) in [5, 5.41) is 9.46. The Kier molecular flexibility index (Phi) is 3.15. The average molecular weight is 231 g/mol. The smallest absolute Gasteiger partial charge is 0.0931 e. The van der Waals surface area contributed by atoms with Crippen LogP contribution in [0.25, 0.3) is 0 Å². The molecule has 0 saturated heterocycles. The number of rotatable bonds is 3. The van der Waals surface area contributed by atoms with Crippen LogP contribution in [0.2, 0.25) is 4.34 Å². The first kappa shape index (κ1) is 10.5. The van der Waals surface area contributed by atoms with E-state index in [0.29, 0.717) is 6.61 Å². The zero-order valence-corrected chi connectivity index (χ0v) is 9.70. The average Bonchev–Trinajstić information content (AvgIpc) is 2.77. The first-order valence-corrected chi connectivity index (χ1v) is 6.29. The van der Waals surface area contributed by atoms with Crippen molar-refractivity contribution in [3.05, 3.63) is 21.3 Å². The molecule has 1 aromatic rings. The Morgan fingerprint density at radius 2 is 2.07 bits per heavy atom. The molecule has 0 unspecified atom stereocenters. The van der Waals surface area contributed by atoms with Gasteiger partial charge in [0.1, 0.15) is 0 Å². The summed E-state index contributed by atoms with van der Waals surface area (Å²) in [6.45, 7) is 0.322. The Morgan fingerprint density at radius 3 is 2.57 bits per heavy atom. The van der Waals surface area contributed by atoms with E-state index in [2.05, 4.69) is 6.07 Å². The molecule has 78 valence electrons. The lowest BCUT2D eigenvalue weighted by atomic mass is 9.83. The van der Waals surface area contributed by atoms with Crippen molar-refractivity contribution >= 4 is 22.9 Å². The van der Waals surface area contributed by atoms with Crippen LogP contribution in [0.3, 0.4) is 0 Å². The van der Waals surface area contributed by atoms with Gasteiger partial charge in [0, 0.05) is 11.5 Å². The van der Waals surface area contributed by atoms with Gasteiger partial charge in [-0.2, -0.15) is 0 Å². The molecule has 1 aliphatic carbocycles. The van der Waals surface area contributed by atoms with Crippen LogP contribution in [0.5, 0.6) is 0 Å². The Morgan fingerprint density at radius 1 is 1.36 bits per heavy atom. The fourth-order valence-corrected chi connectivity index (χ4v) is 3.59. The molecule has 0 bridgehead atoms. The molecule has 1 aliphatic rings. The normalized spacial score (nSPS) is 20.1. The second kappa shape index (κ2) is 4.21. The van der Waals surface area contributed by atoms with Gasteiger partial charge >= 0.3 is 0 Å². The number of hydrogen-bond acceptors (Lipinski definition) is 2. The maximum atomic E-state index is 9.46. The summed E-state index contributed by atoms with van der Waals surface area (Å²) in [6.07, 6.45) is 5.86. The molecule has 1 saturated carbocycles. The lowest BCUT2D eigenvalue weighted by Gasteiger charge is -2.25. The molecule has 1 heterocycles. The van der Waals surface area contributed by atoms with Crippen molar-refractivity contribution < 1.29 is 5.11 Å². The predicted octanol–water partition coefficient (Wildman–Crippen LogP) is 3.50. The Bertz CT molecular complexity index is 302. The summed E-state index contributed by atoms with van der Waals surface area (Å²) >= 11 is 7.53. The fraction of sp³-hybridized carbons (Fsp3) is 0.636. The van der Waals surface area contributed by atoms with Crippen molar-refractivity contribution in [2.45, 2.75) is 32.1 Å². The number of aliphatic hydroxyl groups excluding tert-OH is 1. The molecule has 1 N–H and O–H groups in total. The summed E-state index contributed by atoms with van der Waals surface area (Å²) in [5.41, 5.74) is 0.161. The molecule has 0 aliphatic heterocycles. The standard InChI is InChI=1S/C11H15ClOS/c12-10-4-3-9(14-10)7-11(8-13)5-1-2-6-11/h3-4,13H,1-2,5-8H2. The molecule has 1 fully saturated rings. The van der Waals surface area contributed by atoms with E-state index < -0.39 is 0 Å². The van der Waals surface area contributed by atoms with E-state index in [4.69, 9.17) is 11.6 Å². The van der Waals surface area contributed by atoms with Crippen molar-refractivity contribution in [1.82, 2.24) is 0 Å². The van der Waals surface area contributed by atoms with Crippen LogP contribution in [-0.4, -0.2) is 11.7 Å². The predicted molar refractivity (Wildman–Crippen MR) is 61.0 cm³/mol. The molecular formula is C11H15ClOS. The fourth-order valence-electron chi connectivity index (χ4n) is 2.33. The Hall–Kier alpha value is -0.0500. The minimum atomic E-state index is 0.161. The topological polar surface area (TPSA) is 20.2 Å². The summed E-state index contributed by atoms with van der Waals surface area (Å²) in [5.74, 6) is 0. The van der Waals surface area contributed by atoms with Crippen LogP contribution < -0.4 is 0 Å². The molecular weight excluding hydrogens is 216 g/mol. The third-order valence-corrected chi connectivity index (χ3v) is 4.41. The lowest BCUT2D eigenvalue weighted by molar-refractivity contribution is 0.131. The number of thiophene rings is 1. The summed E-state index contributed by atoms with van der Waals surface area (Å²) in [6, 6.07) is 4.03. The summed E-state index contributed by atoms with van der Waals surface area (Å²) < 4.78 is 0.853. The van der Waals surface area contributed by atoms with Crippen LogP contribution in [0.1, 0.15) is 30.6 Å². The zero-order valence-electron chi connectivity index (χ0n) is 8.13. The Labute approximate surface area is 93.7 Å². The van der Waals surface area contributed by atoms with Crippen LogP contribution in [0, 0.1) is 5.41 Å². The molecule has 0 aromatic carbocycles. The van der Waals surface area contributed by atoms with E-state index in [1.54, 1.807) is 11.3 Å². The van der Waals surface area contributed by atoms with Gasteiger partial charge in [-0.05, 0) is 36.8 Å². The highest BCUT2D eigenvalue weighted by Gasteiger charge is 2.33. The molecule has 0 radical (unpaired) electrons. The number of aliphatic hydroxyl groups is 1. The molecule has 1 aromatic heterocycles. The third-order valence-electron chi connectivity index (χ3n) is 3.18. The summed E-state index contributed by atoms with van der Waals surface area (Å²) in [4.78, 5) is 1.31. The maximum absolute atomic E-state index is 9.46. The third kappa shape index (κ3) is 2.13.